The third-order valence-electron chi connectivity index (χ3n) is 3.76. The van der Waals surface area contributed by atoms with Crippen LogP contribution in [0.15, 0.2) is 41.5 Å². The summed E-state index contributed by atoms with van der Waals surface area (Å²) in [6.45, 7) is 3.29. The summed E-state index contributed by atoms with van der Waals surface area (Å²) in [5.41, 5.74) is 0.527. The number of benzene rings is 1. The van der Waals surface area contributed by atoms with Gasteiger partial charge in [-0.05, 0) is 48.3 Å². The van der Waals surface area contributed by atoms with Crippen molar-refractivity contribution < 1.29 is 22.8 Å². The molecule has 1 aliphatic heterocycles. The van der Waals surface area contributed by atoms with E-state index in [2.05, 4.69) is 5.32 Å². The fourth-order valence-electron chi connectivity index (χ4n) is 2.32. The summed E-state index contributed by atoms with van der Waals surface area (Å²) in [5.74, 6) is -1.38. The minimum Gasteiger partial charge on any atom is -0.295 e. The Hall–Kier alpha value is -2.70. The monoisotopic (exact) mass is 336 g/mol. The van der Waals surface area contributed by atoms with Crippen molar-refractivity contribution >= 4 is 23.1 Å². The highest BCUT2D eigenvalue weighted by Gasteiger charge is 2.30. The number of nitrogens with one attached hydrogen (secondary N) is 2. The van der Waals surface area contributed by atoms with Crippen molar-refractivity contribution in [1.29, 1.82) is 5.41 Å². The molecule has 0 saturated heterocycles. The summed E-state index contributed by atoms with van der Waals surface area (Å²) in [6, 6.07) is 4.63. The third-order valence-corrected chi connectivity index (χ3v) is 3.76. The summed E-state index contributed by atoms with van der Waals surface area (Å²) in [5, 5.41) is 9.71. The fourth-order valence-corrected chi connectivity index (χ4v) is 2.32. The highest BCUT2D eigenvalue weighted by Crippen LogP contribution is 2.31. The Labute approximate surface area is 136 Å². The van der Waals surface area contributed by atoms with Crippen molar-refractivity contribution in [3.63, 3.8) is 0 Å². The average molecular weight is 336 g/mol. The molecular formula is C17H15F3N2O2. The fraction of sp³-hybridized carbons (Fsp3) is 0.235. The lowest BCUT2D eigenvalue weighted by atomic mass is 9.94. The Morgan fingerprint density at radius 1 is 1.17 bits per heavy atom. The number of rotatable bonds is 3. The van der Waals surface area contributed by atoms with Crippen LogP contribution in [0.5, 0.6) is 0 Å². The molecule has 2 amide bonds. The van der Waals surface area contributed by atoms with Crippen LogP contribution in [-0.4, -0.2) is 17.5 Å². The zero-order valence-corrected chi connectivity index (χ0v) is 13.0. The van der Waals surface area contributed by atoms with Crippen LogP contribution in [-0.2, 0) is 15.8 Å². The lowest BCUT2D eigenvalue weighted by Crippen LogP contribution is -2.42. The molecule has 24 heavy (non-hydrogen) atoms. The Bertz CT molecular complexity index is 772. The molecule has 0 bridgehead atoms. The van der Waals surface area contributed by atoms with Crippen molar-refractivity contribution in [3.05, 3.63) is 52.6 Å². The van der Waals surface area contributed by atoms with Crippen molar-refractivity contribution in [2.24, 2.45) is 0 Å². The maximum atomic E-state index is 12.6. The van der Waals surface area contributed by atoms with Crippen LogP contribution in [0.25, 0.3) is 5.57 Å². The Morgan fingerprint density at radius 3 is 2.25 bits per heavy atom. The van der Waals surface area contributed by atoms with Crippen LogP contribution in [0.2, 0.25) is 0 Å². The number of imide groups is 1. The molecule has 4 nitrogen and oxygen atoms in total. The largest absolute Gasteiger partial charge is 0.416 e. The molecule has 7 heteroatoms. The van der Waals surface area contributed by atoms with Crippen LogP contribution in [0.1, 0.15) is 31.4 Å². The van der Waals surface area contributed by atoms with Gasteiger partial charge >= 0.3 is 6.18 Å². The molecule has 1 aliphatic rings. The highest BCUT2D eigenvalue weighted by atomic mass is 19.4. The molecule has 2 N–H and O–H groups in total. The molecule has 2 rings (SSSR count). The zero-order chi connectivity index (χ0) is 18.1. The number of carbonyl (C=O) groups is 2. The predicted octanol–water partition coefficient (Wildman–Crippen LogP) is 3.49. The van der Waals surface area contributed by atoms with Gasteiger partial charge in [0.2, 0.25) is 0 Å². The summed E-state index contributed by atoms with van der Waals surface area (Å²) < 4.78 is 37.9. The second-order valence-corrected chi connectivity index (χ2v) is 5.30. The lowest BCUT2D eigenvalue weighted by molar-refractivity contribution is -0.137. The minimum atomic E-state index is -4.41. The van der Waals surface area contributed by atoms with E-state index in [1.807, 2.05) is 0 Å². The molecule has 1 aromatic carbocycles. The Balaban J connectivity index is 2.44. The maximum absolute atomic E-state index is 12.6. The number of hydrogen-bond donors (Lipinski definition) is 2. The van der Waals surface area contributed by atoms with Gasteiger partial charge in [-0.2, -0.15) is 13.2 Å². The molecule has 0 spiro atoms. The van der Waals surface area contributed by atoms with E-state index in [0.717, 1.165) is 12.1 Å². The van der Waals surface area contributed by atoms with E-state index in [0.29, 0.717) is 17.6 Å². The number of allylic oxidation sites excluding steroid dienone is 1. The first-order chi connectivity index (χ1) is 11.1. The van der Waals surface area contributed by atoms with E-state index in [9.17, 15) is 22.8 Å². The van der Waals surface area contributed by atoms with E-state index < -0.39 is 23.6 Å². The average Bonchev–Trinajstić information content (AvgIpc) is 2.52. The molecule has 0 aliphatic carbocycles. The van der Waals surface area contributed by atoms with Gasteiger partial charge in [-0.25, -0.2) is 0 Å². The first-order valence-corrected chi connectivity index (χ1v) is 7.18. The van der Waals surface area contributed by atoms with Gasteiger partial charge in [-0.1, -0.05) is 19.1 Å². The van der Waals surface area contributed by atoms with Gasteiger partial charge in [-0.15, -0.1) is 0 Å². The number of halogens is 3. The molecule has 0 fully saturated rings. The van der Waals surface area contributed by atoms with E-state index >= 15 is 0 Å². The van der Waals surface area contributed by atoms with Gasteiger partial charge in [0.25, 0.3) is 11.8 Å². The van der Waals surface area contributed by atoms with Crippen molar-refractivity contribution in [2.45, 2.75) is 26.4 Å². The van der Waals surface area contributed by atoms with Gasteiger partial charge < -0.3 is 0 Å². The van der Waals surface area contributed by atoms with Gasteiger partial charge in [-0.3, -0.25) is 20.3 Å². The van der Waals surface area contributed by atoms with Crippen molar-refractivity contribution in [3.8, 4) is 0 Å². The van der Waals surface area contributed by atoms with E-state index in [1.54, 1.807) is 6.92 Å². The molecule has 0 saturated carbocycles. The smallest absolute Gasteiger partial charge is 0.295 e. The molecule has 0 radical (unpaired) electrons. The van der Waals surface area contributed by atoms with Crippen LogP contribution < -0.4 is 5.32 Å². The summed E-state index contributed by atoms with van der Waals surface area (Å²) in [4.78, 5) is 23.3. The molecule has 0 unspecified atom stereocenters. The summed E-state index contributed by atoms with van der Waals surface area (Å²) in [7, 11) is 0. The lowest BCUT2D eigenvalue weighted by Gasteiger charge is -2.17. The third kappa shape index (κ3) is 3.45. The van der Waals surface area contributed by atoms with Crippen molar-refractivity contribution in [1.82, 2.24) is 5.32 Å². The van der Waals surface area contributed by atoms with Crippen LogP contribution >= 0.6 is 0 Å². The molecule has 126 valence electrons. The van der Waals surface area contributed by atoms with Crippen LogP contribution in [0.4, 0.5) is 13.2 Å². The van der Waals surface area contributed by atoms with Gasteiger partial charge in [0.15, 0.2) is 0 Å². The number of carbonyl (C=O) groups excluding carboxylic acids is 2. The standard InChI is InChI=1S/C17H15F3N2O2/c1-3-10(11-4-6-12(7-5-11)17(18,19)20)8-13-9(2)14(21)16(24)22-15(13)23/h4-8,21H,3H2,1-2H3,(H,22,23,24)/b10-8+,21-14?. The van der Waals surface area contributed by atoms with Crippen LogP contribution in [0, 0.1) is 5.41 Å². The molecule has 1 heterocycles. The van der Waals surface area contributed by atoms with E-state index in [4.69, 9.17) is 5.41 Å². The minimum absolute atomic E-state index is 0.163. The SMILES string of the molecule is CC/C(=C\C1=C(C)C(=N)C(=O)NC1=O)c1ccc(C(F)(F)F)cc1. The Kier molecular flexibility index (Phi) is 4.73. The number of alkyl halides is 3. The topological polar surface area (TPSA) is 70.0 Å². The van der Waals surface area contributed by atoms with Crippen LogP contribution in [0.3, 0.4) is 0 Å². The van der Waals surface area contributed by atoms with E-state index in [1.165, 1.54) is 25.1 Å². The number of hydrogen-bond acceptors (Lipinski definition) is 3. The molecule has 1 aromatic rings. The quantitative estimate of drug-likeness (QED) is 0.830. The number of amides is 2. The first kappa shape index (κ1) is 17.7. The summed E-state index contributed by atoms with van der Waals surface area (Å²) >= 11 is 0. The van der Waals surface area contributed by atoms with E-state index in [-0.39, 0.29) is 16.9 Å². The molecule has 0 aromatic heterocycles. The molecule has 0 atom stereocenters. The van der Waals surface area contributed by atoms with Gasteiger partial charge in [0, 0.05) is 5.57 Å². The Morgan fingerprint density at radius 2 is 1.75 bits per heavy atom. The highest BCUT2D eigenvalue weighted by molar-refractivity contribution is 6.49. The second-order valence-electron chi connectivity index (χ2n) is 5.30. The normalized spacial score (nSPS) is 16.5. The molecular weight excluding hydrogens is 321 g/mol. The zero-order valence-electron chi connectivity index (χ0n) is 13.0. The van der Waals surface area contributed by atoms with Crippen molar-refractivity contribution in [2.75, 3.05) is 0 Å². The first-order valence-electron chi connectivity index (χ1n) is 7.18. The second kappa shape index (κ2) is 6.43. The van der Waals surface area contributed by atoms with Gasteiger partial charge in [0.05, 0.1) is 5.56 Å². The summed E-state index contributed by atoms with van der Waals surface area (Å²) in [6.07, 6.45) is -2.43. The predicted molar refractivity (Wildman–Crippen MR) is 83.3 cm³/mol. The van der Waals surface area contributed by atoms with Gasteiger partial charge in [0.1, 0.15) is 5.71 Å². The maximum Gasteiger partial charge on any atom is 0.416 e.